The molecule has 8 heteroatoms. The zero-order chi connectivity index (χ0) is 14.9. The second kappa shape index (κ2) is 6.04. The van der Waals surface area contributed by atoms with Gasteiger partial charge in [-0.1, -0.05) is 0 Å². The van der Waals surface area contributed by atoms with Gasteiger partial charge in [0, 0.05) is 37.8 Å². The molecule has 1 saturated heterocycles. The van der Waals surface area contributed by atoms with E-state index in [1.807, 2.05) is 6.92 Å². The SMILES string of the molecule is CC1CN(S(=O)(=O)c2[nH]ncc2CNC2CC2)CCCO1. The van der Waals surface area contributed by atoms with Crippen molar-refractivity contribution in [3.05, 3.63) is 11.8 Å². The lowest BCUT2D eigenvalue weighted by Gasteiger charge is -2.21. The van der Waals surface area contributed by atoms with Crippen LogP contribution in [-0.2, 0) is 21.3 Å². The topological polar surface area (TPSA) is 87.3 Å². The smallest absolute Gasteiger partial charge is 0.260 e. The van der Waals surface area contributed by atoms with E-state index in [2.05, 4.69) is 15.5 Å². The van der Waals surface area contributed by atoms with E-state index >= 15 is 0 Å². The highest BCUT2D eigenvalue weighted by atomic mass is 32.2. The summed E-state index contributed by atoms with van der Waals surface area (Å²) in [5, 5.41) is 10.1. The summed E-state index contributed by atoms with van der Waals surface area (Å²) in [7, 11) is -3.54. The Balaban J connectivity index is 1.78. The summed E-state index contributed by atoms with van der Waals surface area (Å²) in [6, 6.07) is 0.530. The van der Waals surface area contributed by atoms with E-state index in [1.165, 1.54) is 17.1 Å². The fraction of sp³-hybridized carbons (Fsp3) is 0.769. The van der Waals surface area contributed by atoms with Crippen molar-refractivity contribution < 1.29 is 13.2 Å². The number of H-pyrrole nitrogens is 1. The minimum absolute atomic E-state index is 0.0850. The van der Waals surface area contributed by atoms with Crippen molar-refractivity contribution in [3.63, 3.8) is 0 Å². The van der Waals surface area contributed by atoms with Crippen LogP contribution in [0.2, 0.25) is 0 Å². The monoisotopic (exact) mass is 314 g/mol. The van der Waals surface area contributed by atoms with E-state index < -0.39 is 10.0 Å². The van der Waals surface area contributed by atoms with Gasteiger partial charge in [-0.15, -0.1) is 0 Å². The van der Waals surface area contributed by atoms with Crippen LogP contribution in [0.4, 0.5) is 0 Å². The van der Waals surface area contributed by atoms with Crippen LogP contribution in [-0.4, -0.2) is 54.8 Å². The molecule has 0 bridgehead atoms. The van der Waals surface area contributed by atoms with E-state index in [-0.39, 0.29) is 11.1 Å². The summed E-state index contributed by atoms with van der Waals surface area (Å²) in [4.78, 5) is 0. The summed E-state index contributed by atoms with van der Waals surface area (Å²) >= 11 is 0. The van der Waals surface area contributed by atoms with Gasteiger partial charge >= 0.3 is 0 Å². The Morgan fingerprint density at radius 3 is 3.10 bits per heavy atom. The standard InChI is InChI=1S/C13H22N4O3S/c1-10-9-17(5-2-6-20-10)21(18,19)13-11(8-15-16-13)7-14-12-3-4-12/h8,10,12,14H,2-7,9H2,1H3,(H,15,16). The summed E-state index contributed by atoms with van der Waals surface area (Å²) in [6.07, 6.45) is 4.56. The van der Waals surface area contributed by atoms with Gasteiger partial charge in [-0.25, -0.2) is 8.42 Å². The van der Waals surface area contributed by atoms with Crippen LogP contribution in [0.5, 0.6) is 0 Å². The lowest BCUT2D eigenvalue weighted by Crippen LogP contribution is -2.36. The van der Waals surface area contributed by atoms with Gasteiger partial charge in [0.15, 0.2) is 5.03 Å². The molecule has 2 N–H and O–H groups in total. The van der Waals surface area contributed by atoms with Crippen molar-refractivity contribution in [1.29, 1.82) is 0 Å². The molecule has 7 nitrogen and oxygen atoms in total. The van der Waals surface area contributed by atoms with Crippen LogP contribution in [0.3, 0.4) is 0 Å². The van der Waals surface area contributed by atoms with Crippen LogP contribution in [0.15, 0.2) is 11.2 Å². The van der Waals surface area contributed by atoms with Gasteiger partial charge in [-0.3, -0.25) is 5.10 Å². The molecule has 0 aromatic carbocycles. The Morgan fingerprint density at radius 2 is 2.33 bits per heavy atom. The molecular weight excluding hydrogens is 292 g/mol. The third kappa shape index (κ3) is 3.45. The average Bonchev–Trinajstić information content (AvgIpc) is 3.19. The lowest BCUT2D eigenvalue weighted by molar-refractivity contribution is 0.0751. The van der Waals surface area contributed by atoms with Gasteiger partial charge < -0.3 is 10.1 Å². The number of ether oxygens (including phenoxy) is 1. The molecule has 1 aliphatic heterocycles. The van der Waals surface area contributed by atoms with Crippen molar-refractivity contribution in [3.8, 4) is 0 Å². The van der Waals surface area contributed by atoms with E-state index in [9.17, 15) is 8.42 Å². The van der Waals surface area contributed by atoms with Gasteiger partial charge in [0.05, 0.1) is 12.3 Å². The zero-order valence-electron chi connectivity index (χ0n) is 12.2. The molecule has 0 amide bonds. The second-order valence-electron chi connectivity index (χ2n) is 5.78. The molecule has 2 fully saturated rings. The summed E-state index contributed by atoms with van der Waals surface area (Å²) in [5.74, 6) is 0. The third-order valence-electron chi connectivity index (χ3n) is 3.85. The van der Waals surface area contributed by atoms with Gasteiger partial charge in [0.25, 0.3) is 10.0 Å². The first-order valence-electron chi connectivity index (χ1n) is 7.45. The minimum atomic E-state index is -3.54. The van der Waals surface area contributed by atoms with Crippen LogP contribution in [0.1, 0.15) is 31.7 Å². The minimum Gasteiger partial charge on any atom is -0.377 e. The highest BCUT2D eigenvalue weighted by Crippen LogP contribution is 2.23. The maximum absolute atomic E-state index is 12.8. The van der Waals surface area contributed by atoms with E-state index in [0.717, 1.165) is 0 Å². The second-order valence-corrected chi connectivity index (χ2v) is 7.65. The first-order chi connectivity index (χ1) is 10.1. The zero-order valence-corrected chi connectivity index (χ0v) is 13.0. The van der Waals surface area contributed by atoms with Crippen molar-refractivity contribution in [2.24, 2.45) is 0 Å². The Labute approximate surface area is 125 Å². The molecule has 21 heavy (non-hydrogen) atoms. The van der Waals surface area contributed by atoms with Gasteiger partial charge in [0.1, 0.15) is 0 Å². The molecule has 118 valence electrons. The molecule has 3 rings (SSSR count). The summed E-state index contributed by atoms with van der Waals surface area (Å²) in [5.41, 5.74) is 0.708. The van der Waals surface area contributed by atoms with Crippen molar-refractivity contribution in [1.82, 2.24) is 19.8 Å². The van der Waals surface area contributed by atoms with Gasteiger partial charge in [-0.05, 0) is 26.2 Å². The lowest BCUT2D eigenvalue weighted by atomic mass is 10.3. The molecule has 1 atom stereocenters. The number of nitrogens with zero attached hydrogens (tertiary/aromatic N) is 2. The summed E-state index contributed by atoms with van der Waals surface area (Å²) in [6.45, 7) is 3.91. The van der Waals surface area contributed by atoms with Crippen molar-refractivity contribution in [2.45, 2.75) is 49.9 Å². The van der Waals surface area contributed by atoms with Gasteiger partial charge in [0.2, 0.25) is 0 Å². The molecule has 0 spiro atoms. The number of aromatic nitrogens is 2. The highest BCUT2D eigenvalue weighted by molar-refractivity contribution is 7.89. The van der Waals surface area contributed by atoms with E-state index in [0.29, 0.717) is 44.3 Å². The van der Waals surface area contributed by atoms with Crippen molar-refractivity contribution >= 4 is 10.0 Å². The fourth-order valence-electron chi connectivity index (χ4n) is 2.49. The highest BCUT2D eigenvalue weighted by Gasteiger charge is 2.31. The maximum atomic E-state index is 12.8. The van der Waals surface area contributed by atoms with Gasteiger partial charge in [-0.2, -0.15) is 9.40 Å². The van der Waals surface area contributed by atoms with E-state index in [4.69, 9.17) is 4.74 Å². The number of aromatic amines is 1. The van der Waals surface area contributed by atoms with E-state index in [1.54, 1.807) is 6.20 Å². The molecule has 2 heterocycles. The maximum Gasteiger partial charge on any atom is 0.260 e. The Hall–Kier alpha value is -0.960. The Kier molecular flexibility index (Phi) is 4.30. The molecule has 1 aromatic heterocycles. The average molecular weight is 314 g/mol. The molecule has 1 aliphatic carbocycles. The fourth-order valence-corrected chi connectivity index (χ4v) is 4.15. The molecule has 1 saturated carbocycles. The number of hydrogen-bond acceptors (Lipinski definition) is 5. The van der Waals surface area contributed by atoms with Crippen LogP contribution < -0.4 is 5.32 Å². The van der Waals surface area contributed by atoms with Crippen LogP contribution in [0, 0.1) is 0 Å². The third-order valence-corrected chi connectivity index (χ3v) is 5.73. The predicted octanol–water partition coefficient (Wildman–Crippen LogP) is 0.461. The quantitative estimate of drug-likeness (QED) is 0.824. The molecule has 1 aromatic rings. The predicted molar refractivity (Wildman–Crippen MR) is 77.2 cm³/mol. The Morgan fingerprint density at radius 1 is 1.52 bits per heavy atom. The van der Waals surface area contributed by atoms with Crippen LogP contribution in [0.25, 0.3) is 0 Å². The number of sulfonamides is 1. The number of rotatable bonds is 5. The first kappa shape index (κ1) is 15.0. The summed E-state index contributed by atoms with van der Waals surface area (Å²) < 4.78 is 32.6. The molecule has 2 aliphatic rings. The molecular formula is C13H22N4O3S. The number of nitrogens with one attached hydrogen (secondary N) is 2. The Bertz CT molecular complexity index is 582. The van der Waals surface area contributed by atoms with Crippen LogP contribution >= 0.6 is 0 Å². The normalized spacial score (nSPS) is 24.9. The molecule has 1 unspecified atom stereocenters. The first-order valence-corrected chi connectivity index (χ1v) is 8.89. The molecule has 0 radical (unpaired) electrons. The van der Waals surface area contributed by atoms with Crippen molar-refractivity contribution in [2.75, 3.05) is 19.7 Å². The number of hydrogen-bond donors (Lipinski definition) is 2. The largest absolute Gasteiger partial charge is 0.377 e.